The van der Waals surface area contributed by atoms with Crippen LogP contribution in [-0.2, 0) is 22.9 Å². The van der Waals surface area contributed by atoms with Gasteiger partial charge in [0.2, 0.25) is 0 Å². The van der Waals surface area contributed by atoms with Crippen LogP contribution in [0.2, 0.25) is 0 Å². The zero-order chi connectivity index (χ0) is 19.6. The molecule has 5 heteroatoms. The lowest BCUT2D eigenvalue weighted by Gasteiger charge is -2.07. The topological polar surface area (TPSA) is 51.1 Å². The van der Waals surface area contributed by atoms with Crippen LogP contribution in [0.4, 0.5) is 0 Å². The number of fused-ring (bicyclic) bond motifs is 3. The molecule has 1 N–H and O–H groups in total. The van der Waals surface area contributed by atoms with E-state index >= 15 is 0 Å². The van der Waals surface area contributed by atoms with Gasteiger partial charge in [0.05, 0.1) is 10.6 Å². The highest BCUT2D eigenvalue weighted by atomic mass is 32.2. The lowest BCUT2D eigenvalue weighted by atomic mass is 10.1. The number of benzene rings is 3. The van der Waals surface area contributed by atoms with Crippen molar-refractivity contribution < 1.29 is 8.42 Å². The number of hydrogen-bond donors (Lipinski definition) is 1. The van der Waals surface area contributed by atoms with Gasteiger partial charge >= 0.3 is 0 Å². The van der Waals surface area contributed by atoms with Gasteiger partial charge in [0.25, 0.3) is 0 Å². The van der Waals surface area contributed by atoms with Crippen molar-refractivity contribution in [2.24, 2.45) is 0 Å². The molecule has 0 radical (unpaired) electrons. The number of rotatable bonds is 7. The fraction of sp³-hybridized carbons (Fsp3) is 0.217. The highest BCUT2D eigenvalue weighted by Gasteiger charge is 2.13. The Morgan fingerprint density at radius 1 is 0.857 bits per heavy atom. The van der Waals surface area contributed by atoms with Gasteiger partial charge in [-0.15, -0.1) is 0 Å². The first kappa shape index (κ1) is 18.7. The molecule has 144 valence electrons. The van der Waals surface area contributed by atoms with E-state index in [9.17, 15) is 8.42 Å². The van der Waals surface area contributed by atoms with Gasteiger partial charge in [0.1, 0.15) is 0 Å². The minimum atomic E-state index is -3.24. The van der Waals surface area contributed by atoms with Crippen molar-refractivity contribution >= 4 is 31.6 Å². The minimum Gasteiger partial charge on any atom is -0.341 e. The second-order valence-corrected chi connectivity index (χ2v) is 9.03. The Hall–Kier alpha value is -2.63. The van der Waals surface area contributed by atoms with E-state index in [4.69, 9.17) is 0 Å². The van der Waals surface area contributed by atoms with E-state index in [1.807, 2.05) is 6.07 Å². The maximum Gasteiger partial charge on any atom is 0.179 e. The zero-order valence-corrected chi connectivity index (χ0v) is 16.7. The highest BCUT2D eigenvalue weighted by Crippen LogP contribution is 2.29. The van der Waals surface area contributed by atoms with E-state index in [1.54, 1.807) is 24.3 Å². The molecule has 0 aliphatic rings. The molecule has 1 heterocycles. The number of aryl methyl sites for hydroxylation is 1. The van der Waals surface area contributed by atoms with Gasteiger partial charge < -0.3 is 9.88 Å². The number of sulfone groups is 1. The SMILES string of the molecule is CCn1c2ccccc2c2cc(CNCCS(=O)(=O)c3ccccc3)ccc21. The third-order valence-corrected chi connectivity index (χ3v) is 6.86. The number of aromatic nitrogens is 1. The normalized spacial score (nSPS) is 12.0. The summed E-state index contributed by atoms with van der Waals surface area (Å²) in [5.41, 5.74) is 3.64. The van der Waals surface area contributed by atoms with Gasteiger partial charge in [0, 0.05) is 41.4 Å². The van der Waals surface area contributed by atoms with Crippen molar-refractivity contribution in [1.29, 1.82) is 0 Å². The summed E-state index contributed by atoms with van der Waals surface area (Å²) >= 11 is 0. The van der Waals surface area contributed by atoms with Gasteiger partial charge in [-0.2, -0.15) is 0 Å². The van der Waals surface area contributed by atoms with Gasteiger partial charge in [-0.25, -0.2) is 8.42 Å². The molecule has 4 nitrogen and oxygen atoms in total. The van der Waals surface area contributed by atoms with Crippen molar-refractivity contribution in [2.45, 2.75) is 24.9 Å². The molecular weight excluding hydrogens is 368 g/mol. The Balaban J connectivity index is 1.48. The van der Waals surface area contributed by atoms with Crippen molar-refractivity contribution in [3.05, 3.63) is 78.4 Å². The summed E-state index contributed by atoms with van der Waals surface area (Å²) in [5, 5.41) is 5.78. The molecule has 0 spiro atoms. The predicted octanol–water partition coefficient (Wildman–Crippen LogP) is 4.38. The molecule has 3 aromatic carbocycles. The average molecular weight is 393 g/mol. The molecule has 1 aromatic heterocycles. The fourth-order valence-electron chi connectivity index (χ4n) is 3.74. The van der Waals surface area contributed by atoms with Crippen LogP contribution in [0.5, 0.6) is 0 Å². The molecule has 0 atom stereocenters. The number of nitrogens with zero attached hydrogens (tertiary/aromatic N) is 1. The first-order valence-electron chi connectivity index (χ1n) is 9.58. The maximum absolute atomic E-state index is 12.4. The number of para-hydroxylation sites is 1. The predicted molar refractivity (Wildman–Crippen MR) is 115 cm³/mol. The second kappa shape index (κ2) is 7.78. The summed E-state index contributed by atoms with van der Waals surface area (Å²) in [6, 6.07) is 23.6. The van der Waals surface area contributed by atoms with Crippen LogP contribution in [0.25, 0.3) is 21.8 Å². The van der Waals surface area contributed by atoms with Crippen LogP contribution in [0.15, 0.2) is 77.7 Å². The number of nitrogens with one attached hydrogen (secondary N) is 1. The van der Waals surface area contributed by atoms with E-state index in [2.05, 4.69) is 59.3 Å². The first-order valence-corrected chi connectivity index (χ1v) is 11.2. The molecule has 0 aliphatic carbocycles. The minimum absolute atomic E-state index is 0.0917. The Morgan fingerprint density at radius 3 is 2.36 bits per heavy atom. The van der Waals surface area contributed by atoms with Gasteiger partial charge in [-0.3, -0.25) is 0 Å². The summed E-state index contributed by atoms with van der Waals surface area (Å²) in [6.07, 6.45) is 0. The molecule has 28 heavy (non-hydrogen) atoms. The third-order valence-electron chi connectivity index (χ3n) is 5.13. The van der Waals surface area contributed by atoms with E-state index in [0.29, 0.717) is 18.0 Å². The van der Waals surface area contributed by atoms with E-state index < -0.39 is 9.84 Å². The fourth-order valence-corrected chi connectivity index (χ4v) is 4.96. The monoisotopic (exact) mass is 392 g/mol. The summed E-state index contributed by atoms with van der Waals surface area (Å²) in [4.78, 5) is 0.380. The molecule has 0 amide bonds. The largest absolute Gasteiger partial charge is 0.341 e. The molecule has 0 saturated carbocycles. The lowest BCUT2D eigenvalue weighted by molar-refractivity contribution is 0.590. The molecule has 4 rings (SSSR count). The van der Waals surface area contributed by atoms with Crippen LogP contribution in [-0.4, -0.2) is 25.3 Å². The Morgan fingerprint density at radius 2 is 1.57 bits per heavy atom. The van der Waals surface area contributed by atoms with Crippen LogP contribution in [0, 0.1) is 0 Å². The average Bonchev–Trinajstić information content (AvgIpc) is 3.05. The van der Waals surface area contributed by atoms with E-state index in [1.165, 1.54) is 21.8 Å². The lowest BCUT2D eigenvalue weighted by Crippen LogP contribution is -2.22. The van der Waals surface area contributed by atoms with Crippen molar-refractivity contribution in [3.63, 3.8) is 0 Å². The summed E-state index contributed by atoms with van der Waals surface area (Å²) < 4.78 is 27.0. The standard InChI is InChI=1S/C23H24N2O2S/c1-2-25-22-11-7-6-10-20(22)21-16-18(12-13-23(21)25)17-24-14-15-28(26,27)19-8-4-3-5-9-19/h3-13,16,24H,2,14-15,17H2,1H3. The van der Waals surface area contributed by atoms with Gasteiger partial charge in [0.15, 0.2) is 9.84 Å². The van der Waals surface area contributed by atoms with Gasteiger partial charge in [-0.1, -0.05) is 42.5 Å². The summed E-state index contributed by atoms with van der Waals surface area (Å²) in [6.45, 7) is 4.16. The van der Waals surface area contributed by atoms with Crippen LogP contribution >= 0.6 is 0 Å². The van der Waals surface area contributed by atoms with Crippen LogP contribution in [0.1, 0.15) is 12.5 Å². The van der Waals surface area contributed by atoms with Crippen molar-refractivity contribution in [2.75, 3.05) is 12.3 Å². The van der Waals surface area contributed by atoms with Crippen molar-refractivity contribution in [3.8, 4) is 0 Å². The molecule has 0 unspecified atom stereocenters. The maximum atomic E-state index is 12.4. The molecule has 0 bridgehead atoms. The summed E-state index contributed by atoms with van der Waals surface area (Å²) in [7, 11) is -3.24. The smallest absolute Gasteiger partial charge is 0.179 e. The zero-order valence-electron chi connectivity index (χ0n) is 15.9. The van der Waals surface area contributed by atoms with Crippen molar-refractivity contribution in [1.82, 2.24) is 9.88 Å². The molecule has 0 fully saturated rings. The Kier molecular flexibility index (Phi) is 5.20. The quantitative estimate of drug-likeness (QED) is 0.475. The molecule has 0 saturated heterocycles. The second-order valence-electron chi connectivity index (χ2n) is 6.92. The van der Waals surface area contributed by atoms with E-state index in [0.717, 1.165) is 12.1 Å². The van der Waals surface area contributed by atoms with E-state index in [-0.39, 0.29) is 5.75 Å². The Labute approximate surface area is 165 Å². The summed E-state index contributed by atoms with van der Waals surface area (Å²) in [5.74, 6) is 0.0917. The Bertz CT molecular complexity index is 1210. The number of hydrogen-bond acceptors (Lipinski definition) is 3. The highest BCUT2D eigenvalue weighted by molar-refractivity contribution is 7.91. The molecular formula is C23H24N2O2S. The van der Waals surface area contributed by atoms with Crippen LogP contribution < -0.4 is 5.32 Å². The van der Waals surface area contributed by atoms with Crippen LogP contribution in [0.3, 0.4) is 0 Å². The molecule has 0 aliphatic heterocycles. The molecule has 4 aromatic rings. The third kappa shape index (κ3) is 3.55. The first-order chi connectivity index (χ1) is 13.6. The van der Waals surface area contributed by atoms with Gasteiger partial charge in [-0.05, 0) is 42.8 Å².